The lowest BCUT2D eigenvalue weighted by molar-refractivity contribution is -0.138. The van der Waals surface area contributed by atoms with E-state index >= 15 is 0 Å². The average molecular weight is 293 g/mol. The number of amides is 1. The first-order valence-corrected chi connectivity index (χ1v) is 6.17. The van der Waals surface area contributed by atoms with Gasteiger partial charge in [0.1, 0.15) is 5.60 Å². The Morgan fingerprint density at radius 2 is 1.85 bits per heavy atom. The van der Waals surface area contributed by atoms with Crippen molar-refractivity contribution in [1.29, 1.82) is 0 Å². The van der Waals surface area contributed by atoms with Crippen LogP contribution in [0.4, 0.5) is 13.6 Å². The lowest BCUT2D eigenvalue weighted by Crippen LogP contribution is -2.41. The molecular formula is C13H21F2NO4. The average Bonchev–Trinajstić information content (AvgIpc) is 2.25. The zero-order valence-corrected chi connectivity index (χ0v) is 12.2. The number of alkyl halides is 2. The first-order valence-electron chi connectivity index (χ1n) is 6.17. The van der Waals surface area contributed by atoms with Gasteiger partial charge in [-0.2, -0.15) is 0 Å². The first-order chi connectivity index (χ1) is 9.06. The van der Waals surface area contributed by atoms with Crippen molar-refractivity contribution < 1.29 is 27.8 Å². The molecule has 0 unspecified atom stereocenters. The molecule has 0 heterocycles. The summed E-state index contributed by atoms with van der Waals surface area (Å²) in [7, 11) is 0. The van der Waals surface area contributed by atoms with E-state index < -0.39 is 30.6 Å². The van der Waals surface area contributed by atoms with Gasteiger partial charge in [-0.15, -0.1) is 0 Å². The highest BCUT2D eigenvalue weighted by atomic mass is 19.3. The molecule has 20 heavy (non-hydrogen) atoms. The van der Waals surface area contributed by atoms with Crippen molar-refractivity contribution in [2.45, 2.75) is 39.7 Å². The van der Waals surface area contributed by atoms with Crippen molar-refractivity contribution in [2.24, 2.45) is 0 Å². The third-order valence-corrected chi connectivity index (χ3v) is 1.96. The molecule has 0 aliphatic heterocycles. The molecule has 5 nitrogen and oxygen atoms in total. The third-order valence-electron chi connectivity index (χ3n) is 1.96. The monoisotopic (exact) mass is 293 g/mol. The molecule has 0 aromatic carbocycles. The predicted octanol–water partition coefficient (Wildman–Crippen LogP) is 2.61. The number of carbonyl (C=O) groups is 2. The number of nitrogens with zero attached hydrogens (tertiary/aromatic N) is 1. The summed E-state index contributed by atoms with van der Waals surface area (Å²) >= 11 is 0. The van der Waals surface area contributed by atoms with Gasteiger partial charge in [0.2, 0.25) is 0 Å². The second-order valence-electron chi connectivity index (χ2n) is 5.08. The standard InChI is InChI=1S/C13H21F2NO4/c1-6-19-11(17)9(2)7-16(8-10(14)15)12(18)20-13(3,4)5/h10H,2,6-8H2,1,3-5H3. The van der Waals surface area contributed by atoms with Crippen LogP contribution in [0.3, 0.4) is 0 Å². The predicted molar refractivity (Wildman–Crippen MR) is 69.6 cm³/mol. The smallest absolute Gasteiger partial charge is 0.410 e. The minimum Gasteiger partial charge on any atom is -0.463 e. The van der Waals surface area contributed by atoms with Crippen LogP contribution in [0.15, 0.2) is 12.2 Å². The Hall–Kier alpha value is -1.66. The Balaban J connectivity index is 4.76. The van der Waals surface area contributed by atoms with E-state index in [2.05, 4.69) is 11.3 Å². The van der Waals surface area contributed by atoms with Gasteiger partial charge in [-0.05, 0) is 27.7 Å². The van der Waals surface area contributed by atoms with Crippen molar-refractivity contribution in [3.63, 3.8) is 0 Å². The van der Waals surface area contributed by atoms with Gasteiger partial charge >= 0.3 is 12.1 Å². The van der Waals surface area contributed by atoms with E-state index in [0.29, 0.717) is 0 Å². The van der Waals surface area contributed by atoms with E-state index in [0.717, 1.165) is 4.90 Å². The molecule has 0 saturated carbocycles. The highest BCUT2D eigenvalue weighted by Crippen LogP contribution is 2.12. The molecule has 0 fully saturated rings. The number of hydrogen-bond acceptors (Lipinski definition) is 4. The fraction of sp³-hybridized carbons (Fsp3) is 0.692. The zero-order valence-electron chi connectivity index (χ0n) is 12.2. The fourth-order valence-electron chi connectivity index (χ4n) is 1.22. The van der Waals surface area contributed by atoms with E-state index in [1.807, 2.05) is 0 Å². The van der Waals surface area contributed by atoms with Gasteiger partial charge in [0.25, 0.3) is 6.43 Å². The van der Waals surface area contributed by atoms with Gasteiger partial charge in [0.05, 0.1) is 19.7 Å². The van der Waals surface area contributed by atoms with E-state index in [9.17, 15) is 18.4 Å². The lowest BCUT2D eigenvalue weighted by atomic mass is 10.2. The second kappa shape index (κ2) is 7.81. The fourth-order valence-corrected chi connectivity index (χ4v) is 1.22. The molecule has 116 valence electrons. The van der Waals surface area contributed by atoms with Gasteiger partial charge in [-0.3, -0.25) is 4.90 Å². The van der Waals surface area contributed by atoms with Crippen molar-refractivity contribution in [3.05, 3.63) is 12.2 Å². The second-order valence-corrected chi connectivity index (χ2v) is 5.08. The minimum atomic E-state index is -2.74. The van der Waals surface area contributed by atoms with Crippen LogP contribution in [-0.2, 0) is 14.3 Å². The summed E-state index contributed by atoms with van der Waals surface area (Å²) in [6.07, 6.45) is -3.67. The Labute approximate surface area is 117 Å². The Morgan fingerprint density at radius 3 is 2.25 bits per heavy atom. The van der Waals surface area contributed by atoms with E-state index in [1.54, 1.807) is 27.7 Å². The molecule has 0 spiro atoms. The molecule has 0 aliphatic carbocycles. The zero-order chi connectivity index (χ0) is 15.9. The summed E-state index contributed by atoms with van der Waals surface area (Å²) in [5.74, 6) is -0.727. The molecule has 0 bridgehead atoms. The van der Waals surface area contributed by atoms with Crippen LogP contribution in [0.1, 0.15) is 27.7 Å². The van der Waals surface area contributed by atoms with Crippen LogP contribution < -0.4 is 0 Å². The normalized spacial score (nSPS) is 11.2. The quantitative estimate of drug-likeness (QED) is 0.558. The number of esters is 1. The van der Waals surface area contributed by atoms with Crippen molar-refractivity contribution >= 4 is 12.1 Å². The van der Waals surface area contributed by atoms with Crippen molar-refractivity contribution in [3.8, 4) is 0 Å². The van der Waals surface area contributed by atoms with Crippen molar-refractivity contribution in [2.75, 3.05) is 19.7 Å². The van der Waals surface area contributed by atoms with Crippen LogP contribution in [0.2, 0.25) is 0 Å². The first kappa shape index (κ1) is 18.3. The topological polar surface area (TPSA) is 55.8 Å². The summed E-state index contributed by atoms with van der Waals surface area (Å²) in [5, 5.41) is 0. The Kier molecular flexibility index (Phi) is 7.17. The van der Waals surface area contributed by atoms with Gasteiger partial charge in [0, 0.05) is 5.57 Å². The summed E-state index contributed by atoms with van der Waals surface area (Å²) in [6.45, 7) is 8.82. The summed E-state index contributed by atoms with van der Waals surface area (Å²) in [5.41, 5.74) is -0.902. The number of hydrogen-bond donors (Lipinski definition) is 0. The lowest BCUT2D eigenvalue weighted by Gasteiger charge is -2.27. The molecule has 1 amide bonds. The molecule has 0 atom stereocenters. The summed E-state index contributed by atoms with van der Waals surface area (Å²) in [6, 6.07) is 0. The molecule has 0 radical (unpaired) electrons. The molecule has 0 aliphatic rings. The molecule has 0 N–H and O–H groups in total. The molecule has 0 saturated heterocycles. The highest BCUT2D eigenvalue weighted by molar-refractivity contribution is 5.88. The van der Waals surface area contributed by atoms with Crippen LogP contribution in [0, 0.1) is 0 Å². The molecule has 0 aromatic rings. The molecular weight excluding hydrogens is 272 g/mol. The van der Waals surface area contributed by atoms with E-state index in [1.165, 1.54) is 0 Å². The number of ether oxygens (including phenoxy) is 2. The SMILES string of the molecule is C=C(CN(CC(F)F)C(=O)OC(C)(C)C)C(=O)OCC. The highest BCUT2D eigenvalue weighted by Gasteiger charge is 2.26. The van der Waals surface area contributed by atoms with E-state index in [-0.39, 0.29) is 18.7 Å². The summed E-state index contributed by atoms with van der Waals surface area (Å²) < 4.78 is 34.7. The van der Waals surface area contributed by atoms with Crippen LogP contribution in [-0.4, -0.2) is 48.7 Å². The van der Waals surface area contributed by atoms with Crippen LogP contribution in [0.5, 0.6) is 0 Å². The van der Waals surface area contributed by atoms with Gasteiger partial charge in [-0.25, -0.2) is 18.4 Å². The largest absolute Gasteiger partial charge is 0.463 e. The van der Waals surface area contributed by atoms with Crippen LogP contribution in [0.25, 0.3) is 0 Å². The third kappa shape index (κ3) is 7.70. The molecule has 0 rings (SSSR count). The molecule has 7 heteroatoms. The molecule has 0 aromatic heterocycles. The maximum atomic E-state index is 12.5. The van der Waals surface area contributed by atoms with Gasteiger partial charge in [0.15, 0.2) is 0 Å². The van der Waals surface area contributed by atoms with Crippen molar-refractivity contribution in [1.82, 2.24) is 4.90 Å². The Morgan fingerprint density at radius 1 is 1.30 bits per heavy atom. The number of halogens is 2. The van der Waals surface area contributed by atoms with Gasteiger partial charge in [-0.1, -0.05) is 6.58 Å². The maximum Gasteiger partial charge on any atom is 0.410 e. The summed E-state index contributed by atoms with van der Waals surface area (Å²) in [4.78, 5) is 23.9. The minimum absolute atomic E-state index is 0.0849. The maximum absolute atomic E-state index is 12.5. The number of rotatable bonds is 6. The van der Waals surface area contributed by atoms with Crippen LogP contribution >= 0.6 is 0 Å². The van der Waals surface area contributed by atoms with E-state index in [4.69, 9.17) is 4.74 Å². The number of carbonyl (C=O) groups excluding carboxylic acids is 2. The van der Waals surface area contributed by atoms with Gasteiger partial charge < -0.3 is 9.47 Å². The Bertz CT molecular complexity index is 364.